The first-order valence-electron chi connectivity index (χ1n) is 12.8. The molecule has 0 saturated carbocycles. The van der Waals surface area contributed by atoms with Gasteiger partial charge in [-0.25, -0.2) is 14.3 Å². The Kier molecular flexibility index (Phi) is 6.00. The number of benzene rings is 1. The van der Waals surface area contributed by atoms with Crippen LogP contribution in [0.25, 0.3) is 28.0 Å². The van der Waals surface area contributed by atoms with Crippen LogP contribution < -0.4 is 10.1 Å². The number of piperidine rings is 1. The molecule has 9 heteroatoms. The van der Waals surface area contributed by atoms with Crippen LogP contribution in [0.3, 0.4) is 0 Å². The number of methoxy groups -OCH3 is 1. The van der Waals surface area contributed by atoms with Gasteiger partial charge in [0.2, 0.25) is 0 Å². The van der Waals surface area contributed by atoms with Crippen molar-refractivity contribution in [3.63, 3.8) is 0 Å². The molecule has 9 nitrogen and oxygen atoms in total. The van der Waals surface area contributed by atoms with Crippen molar-refractivity contribution in [1.29, 1.82) is 0 Å². The van der Waals surface area contributed by atoms with Crippen LogP contribution >= 0.6 is 0 Å². The standard InChI is InChI=1S/C28H30N6O3/c1-3-33-20-5-6-21(33)15-19(14-20)23-10-13-30-27-25(26(32-34(23)27)17-8-11-29-12-9-17)18-4-7-22(31-28(35)36)24(16-18)37-2/h4,7-13,16,19-21,31H,3,5-6,14-15H2,1-2H3,(H,35,36). The summed E-state index contributed by atoms with van der Waals surface area (Å²) in [6, 6.07) is 12.7. The number of hydrogen-bond donors (Lipinski definition) is 2. The third-order valence-electron chi connectivity index (χ3n) is 7.90. The number of nitrogens with zero attached hydrogens (tertiary/aromatic N) is 5. The summed E-state index contributed by atoms with van der Waals surface area (Å²) in [6.45, 7) is 3.38. The Morgan fingerprint density at radius 2 is 1.84 bits per heavy atom. The van der Waals surface area contributed by atoms with E-state index in [1.165, 1.54) is 25.6 Å². The average molecular weight is 499 g/mol. The summed E-state index contributed by atoms with van der Waals surface area (Å²) >= 11 is 0. The molecule has 0 aliphatic carbocycles. The normalized spacial score (nSPS) is 21.3. The van der Waals surface area contributed by atoms with Crippen LogP contribution in [-0.2, 0) is 0 Å². The molecule has 2 N–H and O–H groups in total. The van der Waals surface area contributed by atoms with Crippen molar-refractivity contribution in [1.82, 2.24) is 24.5 Å². The molecule has 2 fully saturated rings. The fourth-order valence-corrected chi connectivity index (χ4v) is 6.35. The monoisotopic (exact) mass is 498 g/mol. The number of amides is 1. The molecule has 2 unspecified atom stereocenters. The van der Waals surface area contributed by atoms with Crippen LogP contribution in [0.5, 0.6) is 5.75 Å². The highest BCUT2D eigenvalue weighted by Gasteiger charge is 2.41. The van der Waals surface area contributed by atoms with Crippen molar-refractivity contribution in [2.75, 3.05) is 19.0 Å². The molecule has 3 aromatic heterocycles. The molecule has 0 radical (unpaired) electrons. The number of carbonyl (C=O) groups is 1. The molecule has 6 rings (SSSR count). The molecule has 4 aromatic rings. The zero-order valence-electron chi connectivity index (χ0n) is 21.0. The first kappa shape index (κ1) is 23.4. The Hall–Kier alpha value is -3.98. The second-order valence-electron chi connectivity index (χ2n) is 9.79. The predicted octanol–water partition coefficient (Wildman–Crippen LogP) is 5.29. The van der Waals surface area contributed by atoms with Gasteiger partial charge in [-0.1, -0.05) is 13.0 Å². The molecule has 190 valence electrons. The lowest BCUT2D eigenvalue weighted by molar-refractivity contribution is 0.132. The smallest absolute Gasteiger partial charge is 0.409 e. The van der Waals surface area contributed by atoms with Gasteiger partial charge in [-0.05, 0) is 68.1 Å². The maximum atomic E-state index is 11.2. The van der Waals surface area contributed by atoms with Crippen molar-refractivity contribution < 1.29 is 14.6 Å². The number of ether oxygens (including phenoxy) is 1. The Labute approximate surface area is 215 Å². The van der Waals surface area contributed by atoms with E-state index in [0.717, 1.165) is 47.4 Å². The van der Waals surface area contributed by atoms with E-state index in [1.807, 2.05) is 35.0 Å². The zero-order valence-corrected chi connectivity index (χ0v) is 21.0. The van der Waals surface area contributed by atoms with Crippen LogP contribution in [0.1, 0.15) is 44.2 Å². The number of nitrogens with one attached hydrogen (secondary N) is 1. The van der Waals surface area contributed by atoms with E-state index < -0.39 is 6.09 Å². The number of anilines is 1. The number of aromatic nitrogens is 4. The lowest BCUT2D eigenvalue weighted by Crippen LogP contribution is -2.42. The quantitative estimate of drug-likeness (QED) is 0.372. The van der Waals surface area contributed by atoms with E-state index in [-0.39, 0.29) is 0 Å². The van der Waals surface area contributed by atoms with Crippen LogP contribution in [-0.4, -0.2) is 61.4 Å². The molecular formula is C28H30N6O3. The Morgan fingerprint density at radius 1 is 1.08 bits per heavy atom. The maximum Gasteiger partial charge on any atom is 0.409 e. The number of rotatable bonds is 6. The molecule has 2 aliphatic rings. The van der Waals surface area contributed by atoms with Crippen LogP contribution in [0.15, 0.2) is 55.0 Å². The molecule has 1 aromatic carbocycles. The molecule has 2 saturated heterocycles. The van der Waals surface area contributed by atoms with E-state index in [0.29, 0.717) is 29.4 Å². The highest BCUT2D eigenvalue weighted by atomic mass is 16.5. The van der Waals surface area contributed by atoms with Gasteiger partial charge in [0.15, 0.2) is 5.65 Å². The Morgan fingerprint density at radius 3 is 2.51 bits per heavy atom. The third-order valence-corrected chi connectivity index (χ3v) is 7.90. The van der Waals surface area contributed by atoms with Gasteiger partial charge in [-0.15, -0.1) is 0 Å². The lowest BCUT2D eigenvalue weighted by Gasteiger charge is -2.38. The van der Waals surface area contributed by atoms with E-state index >= 15 is 0 Å². The van der Waals surface area contributed by atoms with E-state index in [4.69, 9.17) is 14.8 Å². The topological polar surface area (TPSA) is 105 Å². The molecule has 37 heavy (non-hydrogen) atoms. The third kappa shape index (κ3) is 4.09. The van der Waals surface area contributed by atoms with Crippen LogP contribution in [0.4, 0.5) is 10.5 Å². The number of pyridine rings is 1. The van der Waals surface area contributed by atoms with E-state index in [1.54, 1.807) is 18.5 Å². The van der Waals surface area contributed by atoms with Gasteiger partial charge >= 0.3 is 6.09 Å². The Bertz CT molecular complexity index is 1440. The van der Waals surface area contributed by atoms with E-state index in [2.05, 4.69) is 28.2 Å². The lowest BCUT2D eigenvalue weighted by atomic mass is 9.88. The minimum Gasteiger partial charge on any atom is -0.495 e. The SMILES string of the molecule is CCN1C2CCC1CC(c1ccnc3c(-c4ccc(NC(=O)O)c(OC)c4)c(-c4ccncc4)nn13)C2. The minimum atomic E-state index is -1.14. The second kappa shape index (κ2) is 9.48. The summed E-state index contributed by atoms with van der Waals surface area (Å²) in [6.07, 6.45) is 9.07. The van der Waals surface area contributed by atoms with E-state index in [9.17, 15) is 9.90 Å². The van der Waals surface area contributed by atoms with Gasteiger partial charge in [0, 0.05) is 47.8 Å². The van der Waals surface area contributed by atoms with Crippen molar-refractivity contribution in [2.24, 2.45) is 0 Å². The number of fused-ring (bicyclic) bond motifs is 3. The molecule has 2 bridgehead atoms. The largest absolute Gasteiger partial charge is 0.495 e. The molecule has 5 heterocycles. The summed E-state index contributed by atoms with van der Waals surface area (Å²) in [5.41, 5.74) is 5.81. The molecule has 1 amide bonds. The Balaban J connectivity index is 1.51. The van der Waals surface area contributed by atoms with Crippen LogP contribution in [0, 0.1) is 0 Å². The summed E-state index contributed by atoms with van der Waals surface area (Å²) in [7, 11) is 1.53. The number of carboxylic acid groups (broad SMARTS) is 1. The zero-order chi connectivity index (χ0) is 25.5. The molecule has 2 aliphatic heterocycles. The van der Waals surface area contributed by atoms with Crippen molar-refractivity contribution in [2.45, 2.75) is 50.6 Å². The fourth-order valence-electron chi connectivity index (χ4n) is 6.35. The molecular weight excluding hydrogens is 468 g/mol. The predicted molar refractivity (Wildman–Crippen MR) is 141 cm³/mol. The van der Waals surface area contributed by atoms with Gasteiger partial charge in [0.05, 0.1) is 18.4 Å². The van der Waals surface area contributed by atoms with Gasteiger partial charge in [0.1, 0.15) is 11.4 Å². The number of hydrogen-bond acceptors (Lipinski definition) is 6. The molecule has 2 atom stereocenters. The average Bonchev–Trinajstić information content (AvgIpc) is 3.42. The van der Waals surface area contributed by atoms with Crippen molar-refractivity contribution in [3.8, 4) is 28.1 Å². The first-order chi connectivity index (χ1) is 18.1. The highest BCUT2D eigenvalue weighted by molar-refractivity contribution is 5.93. The second-order valence-corrected chi connectivity index (χ2v) is 9.79. The summed E-state index contributed by atoms with van der Waals surface area (Å²) in [5.74, 6) is 0.847. The first-order valence-corrected chi connectivity index (χ1v) is 12.8. The maximum absolute atomic E-state index is 11.2. The highest BCUT2D eigenvalue weighted by Crippen LogP contribution is 2.44. The van der Waals surface area contributed by atoms with Gasteiger partial charge in [-0.2, -0.15) is 5.10 Å². The van der Waals surface area contributed by atoms with Gasteiger partial charge in [-0.3, -0.25) is 15.2 Å². The van der Waals surface area contributed by atoms with Gasteiger partial charge in [0.25, 0.3) is 0 Å². The summed E-state index contributed by atoms with van der Waals surface area (Å²) < 4.78 is 7.55. The van der Waals surface area contributed by atoms with Crippen molar-refractivity contribution in [3.05, 3.63) is 60.7 Å². The van der Waals surface area contributed by atoms with Gasteiger partial charge < -0.3 is 9.84 Å². The van der Waals surface area contributed by atoms with Crippen molar-refractivity contribution >= 4 is 17.4 Å². The van der Waals surface area contributed by atoms with Crippen LogP contribution in [0.2, 0.25) is 0 Å². The minimum absolute atomic E-state index is 0.382. The summed E-state index contributed by atoms with van der Waals surface area (Å²) in [4.78, 5) is 22.9. The fraction of sp³-hybridized carbons (Fsp3) is 0.357. The molecule has 0 spiro atoms. The summed E-state index contributed by atoms with van der Waals surface area (Å²) in [5, 5.41) is 16.7.